The molecule has 18 heavy (non-hydrogen) atoms. The number of nitrogens with one attached hydrogen (secondary N) is 2. The number of ether oxygens (including phenoxy) is 1. The van der Waals surface area contributed by atoms with Crippen molar-refractivity contribution in [2.24, 2.45) is 5.92 Å². The molecule has 0 aliphatic heterocycles. The molecular formula is C12H22N2O4. The first-order chi connectivity index (χ1) is 8.28. The number of amides is 1. The highest BCUT2D eigenvalue weighted by Gasteiger charge is 2.27. The molecule has 1 fully saturated rings. The average Bonchev–Trinajstić information content (AvgIpc) is 2.24. The van der Waals surface area contributed by atoms with Crippen molar-refractivity contribution in [2.75, 3.05) is 0 Å². The third-order valence-corrected chi connectivity index (χ3v) is 2.80. The van der Waals surface area contributed by atoms with Gasteiger partial charge in [0, 0.05) is 6.04 Å². The summed E-state index contributed by atoms with van der Waals surface area (Å²) < 4.78 is 5.07. The van der Waals surface area contributed by atoms with Crippen molar-refractivity contribution in [2.45, 2.75) is 58.1 Å². The van der Waals surface area contributed by atoms with E-state index in [9.17, 15) is 9.59 Å². The van der Waals surface area contributed by atoms with Crippen LogP contribution in [0.25, 0.3) is 0 Å². The van der Waals surface area contributed by atoms with Gasteiger partial charge in [-0.15, -0.1) is 0 Å². The molecule has 0 bridgehead atoms. The second-order valence-corrected chi connectivity index (χ2v) is 5.67. The SMILES string of the molecule is CC(C)(C)OC(=O)NNC1CCCC(C(=O)O)C1. The van der Waals surface area contributed by atoms with Crippen LogP contribution in [0.2, 0.25) is 0 Å². The molecule has 1 saturated carbocycles. The van der Waals surface area contributed by atoms with Crippen molar-refractivity contribution in [1.29, 1.82) is 0 Å². The fourth-order valence-electron chi connectivity index (χ4n) is 2.01. The summed E-state index contributed by atoms with van der Waals surface area (Å²) in [6.45, 7) is 5.36. The van der Waals surface area contributed by atoms with Gasteiger partial charge >= 0.3 is 12.1 Å². The van der Waals surface area contributed by atoms with Gasteiger partial charge in [-0.1, -0.05) is 6.42 Å². The molecule has 2 unspecified atom stereocenters. The number of hydrogen-bond acceptors (Lipinski definition) is 4. The van der Waals surface area contributed by atoms with Crippen molar-refractivity contribution in [3.63, 3.8) is 0 Å². The third kappa shape index (κ3) is 5.35. The Morgan fingerprint density at radius 3 is 2.50 bits per heavy atom. The van der Waals surface area contributed by atoms with Crippen molar-refractivity contribution < 1.29 is 19.4 Å². The Bertz CT molecular complexity index is 312. The van der Waals surface area contributed by atoms with Crippen LogP contribution in [0, 0.1) is 5.92 Å². The lowest BCUT2D eigenvalue weighted by atomic mass is 9.86. The number of carboxylic acids is 1. The molecule has 6 nitrogen and oxygen atoms in total. The van der Waals surface area contributed by atoms with Crippen LogP contribution in [0.3, 0.4) is 0 Å². The summed E-state index contributed by atoms with van der Waals surface area (Å²) >= 11 is 0. The molecule has 0 aromatic carbocycles. The summed E-state index contributed by atoms with van der Waals surface area (Å²) in [6, 6.07) is -0.00707. The first-order valence-electron chi connectivity index (χ1n) is 6.25. The Balaban J connectivity index is 2.31. The third-order valence-electron chi connectivity index (χ3n) is 2.80. The van der Waals surface area contributed by atoms with E-state index in [1.165, 1.54) is 0 Å². The van der Waals surface area contributed by atoms with Crippen LogP contribution in [-0.2, 0) is 9.53 Å². The lowest BCUT2D eigenvalue weighted by molar-refractivity contribution is -0.143. The second kappa shape index (κ2) is 6.04. The minimum atomic E-state index is -0.765. The van der Waals surface area contributed by atoms with Crippen LogP contribution in [0.1, 0.15) is 46.5 Å². The van der Waals surface area contributed by atoms with Crippen LogP contribution < -0.4 is 10.9 Å². The molecule has 0 aromatic heterocycles. The summed E-state index contributed by atoms with van der Waals surface area (Å²) in [5, 5.41) is 8.95. The monoisotopic (exact) mass is 258 g/mol. The van der Waals surface area contributed by atoms with Gasteiger partial charge in [-0.2, -0.15) is 0 Å². The van der Waals surface area contributed by atoms with E-state index in [2.05, 4.69) is 10.9 Å². The van der Waals surface area contributed by atoms with Gasteiger partial charge in [0.2, 0.25) is 0 Å². The second-order valence-electron chi connectivity index (χ2n) is 5.67. The molecule has 1 rings (SSSR count). The Labute approximate surface area is 107 Å². The van der Waals surface area contributed by atoms with E-state index in [1.807, 2.05) is 0 Å². The Kier molecular flexibility index (Phi) is 4.95. The highest BCUT2D eigenvalue weighted by atomic mass is 16.6. The van der Waals surface area contributed by atoms with Gasteiger partial charge in [0.1, 0.15) is 5.60 Å². The zero-order valence-electron chi connectivity index (χ0n) is 11.2. The first-order valence-corrected chi connectivity index (χ1v) is 6.25. The molecule has 0 heterocycles. The van der Waals surface area contributed by atoms with Gasteiger partial charge in [-0.25, -0.2) is 10.2 Å². The molecule has 0 aromatic rings. The Morgan fingerprint density at radius 1 is 1.28 bits per heavy atom. The number of hydrazine groups is 1. The van der Waals surface area contributed by atoms with Crippen LogP contribution in [0.4, 0.5) is 4.79 Å². The minimum Gasteiger partial charge on any atom is -0.481 e. The quantitative estimate of drug-likeness (QED) is 0.670. The summed E-state index contributed by atoms with van der Waals surface area (Å²) in [7, 11) is 0. The summed E-state index contributed by atoms with van der Waals surface area (Å²) in [4.78, 5) is 22.3. The topological polar surface area (TPSA) is 87.7 Å². The first kappa shape index (κ1) is 14.8. The molecule has 0 saturated heterocycles. The molecule has 1 aliphatic carbocycles. The van der Waals surface area contributed by atoms with Crippen molar-refractivity contribution in [3.05, 3.63) is 0 Å². The smallest absolute Gasteiger partial charge is 0.422 e. The van der Waals surface area contributed by atoms with Gasteiger partial charge in [0.15, 0.2) is 0 Å². The standard InChI is InChI=1S/C12H22N2O4/c1-12(2,3)18-11(17)14-13-9-6-4-5-8(7-9)10(15)16/h8-9,13H,4-7H2,1-3H3,(H,14,17)(H,15,16). The maximum absolute atomic E-state index is 11.4. The number of aliphatic carboxylic acids is 1. The Morgan fingerprint density at radius 2 is 1.94 bits per heavy atom. The van der Waals surface area contributed by atoms with Gasteiger partial charge in [0.05, 0.1) is 5.92 Å². The van der Waals surface area contributed by atoms with Crippen molar-refractivity contribution >= 4 is 12.1 Å². The number of carbonyl (C=O) groups excluding carboxylic acids is 1. The molecule has 104 valence electrons. The molecule has 6 heteroatoms. The van der Waals surface area contributed by atoms with Gasteiger partial charge in [-0.3, -0.25) is 10.2 Å². The Hall–Kier alpha value is -1.30. The largest absolute Gasteiger partial charge is 0.481 e. The zero-order chi connectivity index (χ0) is 13.8. The number of carbonyl (C=O) groups is 2. The summed E-state index contributed by atoms with van der Waals surface area (Å²) in [6.07, 6.45) is 2.41. The molecule has 0 spiro atoms. The maximum atomic E-state index is 11.4. The molecule has 2 atom stereocenters. The van der Waals surface area contributed by atoms with E-state index in [0.717, 1.165) is 12.8 Å². The van der Waals surface area contributed by atoms with Crippen LogP contribution in [0.5, 0.6) is 0 Å². The number of rotatable bonds is 3. The number of hydrogen-bond donors (Lipinski definition) is 3. The molecule has 0 radical (unpaired) electrons. The molecule has 1 amide bonds. The van der Waals surface area contributed by atoms with Gasteiger partial charge in [0.25, 0.3) is 0 Å². The molecular weight excluding hydrogens is 236 g/mol. The zero-order valence-corrected chi connectivity index (χ0v) is 11.2. The van der Waals surface area contributed by atoms with Crippen LogP contribution >= 0.6 is 0 Å². The van der Waals surface area contributed by atoms with Crippen molar-refractivity contribution in [1.82, 2.24) is 10.9 Å². The summed E-state index contributed by atoms with van der Waals surface area (Å²) in [5.74, 6) is -1.09. The predicted molar refractivity (Wildman–Crippen MR) is 65.9 cm³/mol. The van der Waals surface area contributed by atoms with E-state index in [1.54, 1.807) is 20.8 Å². The van der Waals surface area contributed by atoms with E-state index in [0.29, 0.717) is 12.8 Å². The highest BCUT2D eigenvalue weighted by Crippen LogP contribution is 2.24. The van der Waals surface area contributed by atoms with E-state index in [-0.39, 0.29) is 12.0 Å². The maximum Gasteiger partial charge on any atom is 0.422 e. The normalized spacial score (nSPS) is 24.4. The van der Waals surface area contributed by atoms with Crippen LogP contribution in [-0.4, -0.2) is 28.8 Å². The van der Waals surface area contributed by atoms with Gasteiger partial charge < -0.3 is 9.84 Å². The average molecular weight is 258 g/mol. The number of carboxylic acid groups (broad SMARTS) is 1. The van der Waals surface area contributed by atoms with E-state index < -0.39 is 17.7 Å². The molecule has 1 aliphatic rings. The minimum absolute atomic E-state index is 0.00707. The van der Waals surface area contributed by atoms with E-state index in [4.69, 9.17) is 9.84 Å². The molecule has 3 N–H and O–H groups in total. The predicted octanol–water partition coefficient (Wildman–Crippen LogP) is 1.66. The summed E-state index contributed by atoms with van der Waals surface area (Å²) in [5.41, 5.74) is 4.77. The lowest BCUT2D eigenvalue weighted by Crippen LogP contribution is -2.48. The van der Waals surface area contributed by atoms with Crippen LogP contribution in [0.15, 0.2) is 0 Å². The van der Waals surface area contributed by atoms with Crippen molar-refractivity contribution in [3.8, 4) is 0 Å². The fraction of sp³-hybridized carbons (Fsp3) is 0.833. The van der Waals surface area contributed by atoms with Gasteiger partial charge in [-0.05, 0) is 40.0 Å². The highest BCUT2D eigenvalue weighted by molar-refractivity contribution is 5.70. The fourth-order valence-corrected chi connectivity index (χ4v) is 2.01. The lowest BCUT2D eigenvalue weighted by Gasteiger charge is -2.28. The van der Waals surface area contributed by atoms with E-state index >= 15 is 0 Å².